The highest BCUT2D eigenvalue weighted by Crippen LogP contribution is 2.45. The van der Waals surface area contributed by atoms with Crippen LogP contribution in [0.4, 0.5) is 18.9 Å². The van der Waals surface area contributed by atoms with Crippen LogP contribution in [-0.2, 0) is 4.79 Å². The molecule has 0 spiro atoms. The molecule has 11 heteroatoms. The molecule has 41 heavy (non-hydrogen) atoms. The number of carboxylic acids is 1. The van der Waals surface area contributed by atoms with Crippen LogP contribution in [0.15, 0.2) is 36.5 Å². The number of methoxy groups -OCH3 is 1. The highest BCUT2D eigenvalue weighted by Gasteiger charge is 2.36. The van der Waals surface area contributed by atoms with Crippen LogP contribution in [0, 0.1) is 11.8 Å². The van der Waals surface area contributed by atoms with Crippen molar-refractivity contribution in [3.05, 3.63) is 47.7 Å². The molecule has 2 fully saturated rings. The highest BCUT2D eigenvalue weighted by atomic mass is 19.4. The van der Waals surface area contributed by atoms with E-state index in [0.717, 1.165) is 36.1 Å². The van der Waals surface area contributed by atoms with Crippen molar-refractivity contribution in [2.75, 3.05) is 38.3 Å². The number of carbonyl (C=O) groups excluding carboxylic acids is 1. The fourth-order valence-corrected chi connectivity index (χ4v) is 5.44. The number of ether oxygens (including phenoxy) is 2. The van der Waals surface area contributed by atoms with Gasteiger partial charge in [0.05, 0.1) is 31.4 Å². The Morgan fingerprint density at radius 2 is 1.83 bits per heavy atom. The molecule has 1 atom stereocenters. The van der Waals surface area contributed by atoms with Crippen LogP contribution in [0.5, 0.6) is 11.6 Å². The zero-order valence-corrected chi connectivity index (χ0v) is 23.7. The average molecular weight is 578 g/mol. The van der Waals surface area contributed by atoms with Gasteiger partial charge in [0.1, 0.15) is 12.3 Å². The minimum Gasteiger partial charge on any atom is -0.497 e. The first-order valence-electron chi connectivity index (χ1n) is 14.1. The Morgan fingerprint density at radius 1 is 1.12 bits per heavy atom. The summed E-state index contributed by atoms with van der Waals surface area (Å²) in [7, 11) is 1.51. The number of anilines is 1. The summed E-state index contributed by atoms with van der Waals surface area (Å²) in [6, 6.07) is 7.91. The number of carboxylic acid groups (broad SMARTS) is 1. The Morgan fingerprint density at radius 3 is 2.41 bits per heavy atom. The second-order valence-electron chi connectivity index (χ2n) is 11.2. The number of piperidine rings is 1. The molecule has 1 saturated carbocycles. The van der Waals surface area contributed by atoms with Crippen LogP contribution < -0.4 is 14.4 Å². The Kier molecular flexibility index (Phi) is 9.65. The summed E-state index contributed by atoms with van der Waals surface area (Å²) < 4.78 is 51.1. The summed E-state index contributed by atoms with van der Waals surface area (Å²) in [5.41, 5.74) is 1.71. The first-order chi connectivity index (χ1) is 19.4. The number of hydrogen-bond acceptors (Lipinski definition) is 6. The molecule has 224 valence electrons. The van der Waals surface area contributed by atoms with Crippen molar-refractivity contribution in [1.82, 2.24) is 9.88 Å². The fraction of sp³-hybridized carbons (Fsp3) is 0.567. The molecule has 4 rings (SSSR count). The van der Waals surface area contributed by atoms with Crippen LogP contribution in [0.3, 0.4) is 0 Å². The number of amides is 1. The van der Waals surface area contributed by atoms with E-state index in [9.17, 15) is 27.9 Å². The smallest absolute Gasteiger partial charge is 0.406 e. The molecule has 1 amide bonds. The lowest BCUT2D eigenvalue weighted by Crippen LogP contribution is -2.44. The van der Waals surface area contributed by atoms with Crippen molar-refractivity contribution in [2.24, 2.45) is 11.8 Å². The molecule has 2 aliphatic rings. The molecule has 2 heterocycles. The van der Waals surface area contributed by atoms with Crippen LogP contribution in [0.25, 0.3) is 0 Å². The van der Waals surface area contributed by atoms with E-state index in [1.165, 1.54) is 13.2 Å². The second kappa shape index (κ2) is 13.0. The number of pyridine rings is 1. The van der Waals surface area contributed by atoms with Crippen molar-refractivity contribution >= 4 is 17.6 Å². The molecule has 1 unspecified atom stereocenters. The SMILES string of the molecule is COc1ccc(C(=O)N(CC(F)(F)F)C(C)C)c(N2CCC(COc3cc(C(CC(=O)O)C4CC4)ccn3)CC2)c1. The van der Waals surface area contributed by atoms with Crippen LogP contribution in [0.2, 0.25) is 0 Å². The summed E-state index contributed by atoms with van der Waals surface area (Å²) in [5.74, 6) is 0.0816. The van der Waals surface area contributed by atoms with Gasteiger partial charge in [-0.15, -0.1) is 0 Å². The predicted octanol–water partition coefficient (Wildman–Crippen LogP) is 5.77. The number of aliphatic carboxylic acids is 1. The first kappa shape index (κ1) is 30.5. The summed E-state index contributed by atoms with van der Waals surface area (Å²) in [5, 5.41) is 9.32. The normalized spacial score (nSPS) is 16.9. The molecule has 1 aliphatic heterocycles. The topological polar surface area (TPSA) is 92.2 Å². The standard InChI is InChI=1S/C30H38F3N3O5/c1-19(2)36(18-30(31,32)33)29(39)24-7-6-23(40-3)15-26(24)35-12-9-20(10-13-35)17-41-27-14-22(8-11-34-27)25(16-28(37)38)21-4-5-21/h6-8,11,14-15,19-21,25H,4-5,9-10,12-13,16-18H2,1-3H3,(H,37,38). The minimum absolute atomic E-state index is 0.0383. The monoisotopic (exact) mass is 577 g/mol. The number of rotatable bonds is 12. The van der Waals surface area contributed by atoms with E-state index in [1.807, 2.05) is 17.0 Å². The Bertz CT molecular complexity index is 1210. The molecule has 1 aromatic carbocycles. The van der Waals surface area contributed by atoms with Gasteiger partial charge in [-0.25, -0.2) is 4.98 Å². The number of aromatic nitrogens is 1. The minimum atomic E-state index is -4.51. The molecule has 1 saturated heterocycles. The molecule has 1 N–H and O–H groups in total. The van der Waals surface area contributed by atoms with E-state index in [-0.39, 0.29) is 23.8 Å². The van der Waals surface area contributed by atoms with E-state index in [2.05, 4.69) is 4.98 Å². The van der Waals surface area contributed by atoms with Crippen molar-refractivity contribution in [3.63, 3.8) is 0 Å². The Labute approximate surface area is 238 Å². The second-order valence-corrected chi connectivity index (χ2v) is 11.2. The third kappa shape index (κ3) is 8.27. The maximum absolute atomic E-state index is 13.3. The molecule has 2 aromatic rings. The summed E-state index contributed by atoms with van der Waals surface area (Å²) in [6.07, 6.45) is 0.822. The Balaban J connectivity index is 1.41. The zero-order chi connectivity index (χ0) is 29.7. The van der Waals surface area contributed by atoms with Crippen molar-refractivity contribution < 1.29 is 37.3 Å². The maximum atomic E-state index is 13.3. The number of carbonyl (C=O) groups is 2. The molecule has 0 bridgehead atoms. The first-order valence-corrected chi connectivity index (χ1v) is 14.1. The zero-order valence-electron chi connectivity index (χ0n) is 23.7. The maximum Gasteiger partial charge on any atom is 0.406 e. The van der Waals surface area contributed by atoms with Crippen molar-refractivity contribution in [2.45, 2.75) is 64.1 Å². The average Bonchev–Trinajstić information content (AvgIpc) is 3.78. The van der Waals surface area contributed by atoms with Gasteiger partial charge in [0.2, 0.25) is 5.88 Å². The van der Waals surface area contributed by atoms with Crippen molar-refractivity contribution in [1.29, 1.82) is 0 Å². The lowest BCUT2D eigenvalue weighted by atomic mass is 9.92. The Hall–Kier alpha value is -3.50. The van der Waals surface area contributed by atoms with E-state index >= 15 is 0 Å². The van der Waals surface area contributed by atoms with E-state index in [0.29, 0.717) is 42.9 Å². The lowest BCUT2D eigenvalue weighted by Gasteiger charge is -2.36. The fourth-order valence-electron chi connectivity index (χ4n) is 5.44. The third-order valence-corrected chi connectivity index (χ3v) is 7.86. The quantitative estimate of drug-likeness (QED) is 0.343. The lowest BCUT2D eigenvalue weighted by molar-refractivity contribution is -0.143. The van der Waals surface area contributed by atoms with E-state index in [1.54, 1.807) is 32.2 Å². The molecular formula is C30H38F3N3O5. The third-order valence-electron chi connectivity index (χ3n) is 7.86. The van der Waals surface area contributed by atoms with Gasteiger partial charge in [-0.05, 0) is 81.0 Å². The summed E-state index contributed by atoms with van der Waals surface area (Å²) in [4.78, 5) is 31.9. The molecule has 8 nitrogen and oxygen atoms in total. The number of alkyl halides is 3. The summed E-state index contributed by atoms with van der Waals surface area (Å²) >= 11 is 0. The van der Waals surface area contributed by atoms with Crippen LogP contribution in [-0.4, -0.2) is 72.4 Å². The van der Waals surface area contributed by atoms with Gasteiger partial charge in [-0.3, -0.25) is 9.59 Å². The number of hydrogen-bond donors (Lipinski definition) is 1. The molecule has 1 aliphatic carbocycles. The number of benzene rings is 1. The number of halogens is 3. The predicted molar refractivity (Wildman–Crippen MR) is 148 cm³/mol. The largest absolute Gasteiger partial charge is 0.497 e. The van der Waals surface area contributed by atoms with E-state index in [4.69, 9.17) is 9.47 Å². The summed E-state index contributed by atoms with van der Waals surface area (Å²) in [6.45, 7) is 3.45. The van der Waals surface area contributed by atoms with E-state index < -0.39 is 30.6 Å². The van der Waals surface area contributed by atoms with Gasteiger partial charge in [0, 0.05) is 37.5 Å². The van der Waals surface area contributed by atoms with Gasteiger partial charge in [0.25, 0.3) is 5.91 Å². The van der Waals surface area contributed by atoms with Gasteiger partial charge < -0.3 is 24.4 Å². The van der Waals surface area contributed by atoms with Gasteiger partial charge >= 0.3 is 12.1 Å². The van der Waals surface area contributed by atoms with Crippen LogP contribution in [0.1, 0.15) is 67.8 Å². The molecule has 1 aromatic heterocycles. The van der Waals surface area contributed by atoms with Gasteiger partial charge in [-0.1, -0.05) is 0 Å². The highest BCUT2D eigenvalue weighted by molar-refractivity contribution is 6.00. The van der Waals surface area contributed by atoms with Gasteiger partial charge in [0.15, 0.2) is 0 Å². The van der Waals surface area contributed by atoms with Crippen LogP contribution >= 0.6 is 0 Å². The molecular weight excluding hydrogens is 539 g/mol. The van der Waals surface area contributed by atoms with Gasteiger partial charge in [-0.2, -0.15) is 13.2 Å². The number of nitrogens with zero attached hydrogens (tertiary/aromatic N) is 3. The molecule has 0 radical (unpaired) electrons. The van der Waals surface area contributed by atoms with Crippen molar-refractivity contribution in [3.8, 4) is 11.6 Å².